The van der Waals surface area contributed by atoms with Crippen molar-refractivity contribution in [3.05, 3.63) is 52.8 Å². The monoisotopic (exact) mass is 301 g/mol. The van der Waals surface area contributed by atoms with Gasteiger partial charge in [-0.15, -0.1) is 0 Å². The van der Waals surface area contributed by atoms with E-state index in [0.717, 1.165) is 9.54 Å². The Morgan fingerprint density at radius 1 is 1.26 bits per heavy atom. The maximum atomic E-state index is 12.5. The summed E-state index contributed by atoms with van der Waals surface area (Å²) in [4.78, 5) is 0.158. The minimum atomic E-state index is -3.72. The minimum absolute atomic E-state index is 0.0117. The smallest absolute Gasteiger partial charge is 0.251 e. The second kappa shape index (κ2) is 5.35. The number of nitrogens with zero attached hydrogens (tertiary/aromatic N) is 1. The van der Waals surface area contributed by atoms with Crippen LogP contribution in [0.1, 0.15) is 11.3 Å². The van der Waals surface area contributed by atoms with Crippen molar-refractivity contribution in [2.75, 3.05) is 6.67 Å². The van der Waals surface area contributed by atoms with Crippen molar-refractivity contribution in [3.63, 3.8) is 0 Å². The molecule has 3 nitrogen and oxygen atoms in total. The molecule has 102 valence electrons. The molecule has 0 radical (unpaired) electrons. The molecule has 0 aliphatic rings. The minimum Gasteiger partial charge on any atom is -0.251 e. The lowest BCUT2D eigenvalue weighted by Gasteiger charge is -2.09. The van der Waals surface area contributed by atoms with E-state index in [-0.39, 0.29) is 16.3 Å². The molecule has 2 aromatic rings. The summed E-state index contributed by atoms with van der Waals surface area (Å²) in [6.07, 6.45) is 1.31. The van der Waals surface area contributed by atoms with Gasteiger partial charge in [0.1, 0.15) is 0 Å². The zero-order chi connectivity index (χ0) is 14.0. The van der Waals surface area contributed by atoms with Crippen molar-refractivity contribution >= 4 is 21.6 Å². The summed E-state index contributed by atoms with van der Waals surface area (Å²) in [7, 11) is -3.72. The van der Waals surface area contributed by atoms with Crippen molar-refractivity contribution in [1.29, 1.82) is 0 Å². The Labute approximate surface area is 116 Å². The summed E-state index contributed by atoms with van der Waals surface area (Å²) in [5.41, 5.74) is 1.31. The Morgan fingerprint density at radius 3 is 2.47 bits per heavy atom. The van der Waals surface area contributed by atoms with E-state index >= 15 is 0 Å². The van der Waals surface area contributed by atoms with Crippen LogP contribution in [-0.4, -0.2) is 19.1 Å². The average Bonchev–Trinajstić information content (AvgIpc) is 2.72. The molecule has 0 amide bonds. The lowest BCUT2D eigenvalue weighted by atomic mass is 10.2. The van der Waals surface area contributed by atoms with Crippen molar-refractivity contribution in [2.45, 2.75) is 18.2 Å². The van der Waals surface area contributed by atoms with Gasteiger partial charge in [0.15, 0.2) is 0 Å². The van der Waals surface area contributed by atoms with Crippen LogP contribution in [-0.2, 0) is 16.4 Å². The molecule has 0 atom stereocenters. The molecule has 1 aromatic heterocycles. The van der Waals surface area contributed by atoms with E-state index in [1.165, 1.54) is 24.4 Å². The molecule has 0 bridgehead atoms. The third kappa shape index (κ3) is 2.82. The Bertz CT molecular complexity index is 677. The largest absolute Gasteiger partial charge is 0.267 e. The Morgan fingerprint density at radius 2 is 1.89 bits per heavy atom. The molecule has 0 saturated heterocycles. The first-order valence-electron chi connectivity index (χ1n) is 5.70. The van der Waals surface area contributed by atoms with Crippen molar-refractivity contribution < 1.29 is 12.8 Å². The quantitative estimate of drug-likeness (QED) is 0.870. The lowest BCUT2D eigenvalue weighted by molar-refractivity contribution is 0.490. The molecule has 0 N–H and O–H groups in total. The van der Waals surface area contributed by atoms with E-state index in [1.54, 1.807) is 12.1 Å². The van der Waals surface area contributed by atoms with Crippen LogP contribution < -0.4 is 0 Å². The van der Waals surface area contributed by atoms with E-state index in [0.29, 0.717) is 5.69 Å². The van der Waals surface area contributed by atoms with E-state index < -0.39 is 16.7 Å². The van der Waals surface area contributed by atoms with Gasteiger partial charge in [-0.1, -0.05) is 29.3 Å². The zero-order valence-electron chi connectivity index (χ0n) is 10.3. The second-order valence-electron chi connectivity index (χ2n) is 4.20. The fraction of sp³-hybridized carbons (Fsp3) is 0.231. The molecule has 0 aliphatic carbocycles. The van der Waals surface area contributed by atoms with Gasteiger partial charge in [0, 0.05) is 18.3 Å². The van der Waals surface area contributed by atoms with Gasteiger partial charge in [0.25, 0.3) is 10.0 Å². The SMILES string of the molecule is Cc1ccc(S(=O)(=O)n2cc(Cl)cc2CCF)cc1. The Balaban J connectivity index is 2.53. The summed E-state index contributed by atoms with van der Waals surface area (Å²) in [5, 5.41) is 0.277. The highest BCUT2D eigenvalue weighted by atomic mass is 35.5. The van der Waals surface area contributed by atoms with Crippen LogP contribution in [0.2, 0.25) is 5.02 Å². The topological polar surface area (TPSA) is 39.1 Å². The van der Waals surface area contributed by atoms with Crippen LogP contribution >= 0.6 is 11.6 Å². The molecule has 0 spiro atoms. The predicted molar refractivity (Wildman–Crippen MR) is 72.9 cm³/mol. The summed E-state index contributed by atoms with van der Waals surface area (Å²) >= 11 is 5.81. The van der Waals surface area contributed by atoms with Gasteiger partial charge < -0.3 is 0 Å². The highest BCUT2D eigenvalue weighted by Crippen LogP contribution is 2.22. The highest BCUT2D eigenvalue weighted by molar-refractivity contribution is 7.90. The fourth-order valence-electron chi connectivity index (χ4n) is 1.78. The van der Waals surface area contributed by atoms with Gasteiger partial charge >= 0.3 is 0 Å². The van der Waals surface area contributed by atoms with E-state index in [9.17, 15) is 12.8 Å². The van der Waals surface area contributed by atoms with Crippen molar-refractivity contribution in [3.8, 4) is 0 Å². The number of aromatic nitrogens is 1. The molecular formula is C13H13ClFNO2S. The summed E-state index contributed by atoms with van der Waals surface area (Å²) < 4.78 is 38.4. The first-order valence-corrected chi connectivity index (χ1v) is 7.52. The molecular weight excluding hydrogens is 289 g/mol. The standard InChI is InChI=1S/C13H13ClFNO2S/c1-10-2-4-13(5-3-10)19(17,18)16-9-11(14)8-12(16)6-7-15/h2-5,8-9H,6-7H2,1H3. The number of rotatable bonds is 4. The van der Waals surface area contributed by atoms with Gasteiger partial charge in [-0.2, -0.15) is 0 Å². The average molecular weight is 302 g/mol. The molecule has 19 heavy (non-hydrogen) atoms. The van der Waals surface area contributed by atoms with E-state index in [4.69, 9.17) is 11.6 Å². The number of hydrogen-bond donors (Lipinski definition) is 0. The summed E-state index contributed by atoms with van der Waals surface area (Å²) in [6, 6.07) is 7.95. The first kappa shape index (κ1) is 14.1. The van der Waals surface area contributed by atoms with Gasteiger partial charge in [-0.3, -0.25) is 4.39 Å². The van der Waals surface area contributed by atoms with Crippen LogP contribution in [0.25, 0.3) is 0 Å². The van der Waals surface area contributed by atoms with Crippen LogP contribution in [0.5, 0.6) is 0 Å². The van der Waals surface area contributed by atoms with Crippen molar-refractivity contribution in [1.82, 2.24) is 3.97 Å². The fourth-order valence-corrected chi connectivity index (χ4v) is 3.48. The predicted octanol–water partition coefficient (Wildman–Crippen LogP) is 3.20. The molecule has 1 aromatic carbocycles. The van der Waals surface area contributed by atoms with Gasteiger partial charge in [0.2, 0.25) is 0 Å². The molecule has 0 fully saturated rings. The number of benzene rings is 1. The lowest BCUT2D eigenvalue weighted by Crippen LogP contribution is -2.15. The highest BCUT2D eigenvalue weighted by Gasteiger charge is 2.20. The van der Waals surface area contributed by atoms with Gasteiger partial charge in [-0.05, 0) is 25.1 Å². The van der Waals surface area contributed by atoms with Gasteiger partial charge in [-0.25, -0.2) is 12.4 Å². The van der Waals surface area contributed by atoms with Crippen LogP contribution in [0.4, 0.5) is 4.39 Å². The molecule has 0 saturated carbocycles. The molecule has 0 unspecified atom stereocenters. The van der Waals surface area contributed by atoms with Crippen molar-refractivity contribution in [2.24, 2.45) is 0 Å². The normalized spacial score (nSPS) is 11.7. The van der Waals surface area contributed by atoms with Crippen LogP contribution in [0.3, 0.4) is 0 Å². The Kier molecular flexibility index (Phi) is 3.96. The third-order valence-corrected chi connectivity index (χ3v) is 4.69. The van der Waals surface area contributed by atoms with Crippen LogP contribution in [0.15, 0.2) is 41.4 Å². The van der Waals surface area contributed by atoms with Crippen LogP contribution in [0, 0.1) is 6.92 Å². The third-order valence-electron chi connectivity index (χ3n) is 2.76. The van der Waals surface area contributed by atoms with E-state index in [1.807, 2.05) is 6.92 Å². The number of alkyl halides is 1. The number of aryl methyl sites for hydroxylation is 2. The molecule has 1 heterocycles. The second-order valence-corrected chi connectivity index (χ2v) is 6.45. The maximum absolute atomic E-state index is 12.5. The van der Waals surface area contributed by atoms with Gasteiger partial charge in [0.05, 0.1) is 16.6 Å². The molecule has 0 aliphatic heterocycles. The Hall–Kier alpha value is -1.33. The molecule has 2 rings (SSSR count). The number of halogens is 2. The molecule has 6 heteroatoms. The number of hydrogen-bond acceptors (Lipinski definition) is 2. The zero-order valence-corrected chi connectivity index (χ0v) is 11.9. The van der Waals surface area contributed by atoms with E-state index in [2.05, 4.69) is 0 Å². The first-order chi connectivity index (χ1) is 8.95. The summed E-state index contributed by atoms with van der Waals surface area (Å²) in [6.45, 7) is 1.24. The summed E-state index contributed by atoms with van der Waals surface area (Å²) in [5.74, 6) is 0. The maximum Gasteiger partial charge on any atom is 0.267 e.